The second-order valence-electron chi connectivity index (χ2n) is 6.99. The Morgan fingerprint density at radius 3 is 2.72 bits per heavy atom. The van der Waals surface area contributed by atoms with E-state index in [1.54, 1.807) is 55.6 Å². The van der Waals surface area contributed by atoms with Crippen LogP contribution in [0.3, 0.4) is 0 Å². The molecule has 1 aliphatic heterocycles. The Hall–Kier alpha value is -3.32. The Morgan fingerprint density at radius 1 is 1.14 bits per heavy atom. The van der Waals surface area contributed by atoms with E-state index in [-0.39, 0.29) is 24.1 Å². The molecule has 0 saturated heterocycles. The van der Waals surface area contributed by atoms with Crippen molar-refractivity contribution in [3.05, 3.63) is 64.6 Å². The van der Waals surface area contributed by atoms with Gasteiger partial charge in [0.2, 0.25) is 0 Å². The van der Waals surface area contributed by atoms with Crippen molar-refractivity contribution in [1.29, 1.82) is 0 Å². The van der Waals surface area contributed by atoms with E-state index in [1.807, 2.05) is 0 Å². The van der Waals surface area contributed by atoms with Gasteiger partial charge in [-0.2, -0.15) is 0 Å². The molecule has 3 aromatic rings. The first-order valence-electron chi connectivity index (χ1n) is 9.54. The number of carbonyl (C=O) groups excluding carboxylic acids is 1. The van der Waals surface area contributed by atoms with Crippen LogP contribution in [0.4, 0.5) is 5.69 Å². The van der Waals surface area contributed by atoms with Gasteiger partial charge in [-0.1, -0.05) is 6.07 Å². The molecule has 7 nitrogen and oxygen atoms in total. The lowest BCUT2D eigenvalue weighted by Crippen LogP contribution is -2.25. The lowest BCUT2D eigenvalue weighted by molar-refractivity contribution is 0.102. The Kier molecular flexibility index (Phi) is 5.22. The topological polar surface area (TPSA) is 89.8 Å². The minimum Gasteiger partial charge on any atom is -0.490 e. The van der Waals surface area contributed by atoms with Gasteiger partial charge in [0.05, 0.1) is 25.9 Å². The summed E-state index contributed by atoms with van der Waals surface area (Å²) in [5.74, 6) is 0.873. The van der Waals surface area contributed by atoms with Gasteiger partial charge >= 0.3 is 0 Å². The predicted octanol–water partition coefficient (Wildman–Crippen LogP) is 2.97. The monoisotopic (exact) mass is 394 g/mol. The van der Waals surface area contributed by atoms with E-state index < -0.39 is 0 Å². The molecule has 0 aliphatic carbocycles. The summed E-state index contributed by atoms with van der Waals surface area (Å²) in [6, 6.07) is 11.7. The van der Waals surface area contributed by atoms with Crippen molar-refractivity contribution in [2.75, 3.05) is 25.1 Å². The lowest BCUT2D eigenvalue weighted by atomic mass is 10.1. The number of carbonyl (C=O) groups is 1. The number of aliphatic hydroxyl groups is 1. The maximum atomic E-state index is 12.8. The molecule has 0 radical (unpaired) electrons. The summed E-state index contributed by atoms with van der Waals surface area (Å²) in [5.41, 5.74) is 0.768. The largest absolute Gasteiger partial charge is 0.490 e. The summed E-state index contributed by atoms with van der Waals surface area (Å²) in [7, 11) is 0. The number of aromatic nitrogens is 1. The summed E-state index contributed by atoms with van der Waals surface area (Å²) >= 11 is 0. The van der Waals surface area contributed by atoms with Gasteiger partial charge in [-0.25, -0.2) is 0 Å². The van der Waals surface area contributed by atoms with Crippen LogP contribution in [0.15, 0.2) is 53.5 Å². The van der Waals surface area contributed by atoms with Gasteiger partial charge in [0.25, 0.3) is 11.5 Å². The molecule has 0 saturated carbocycles. The van der Waals surface area contributed by atoms with Gasteiger partial charge in [0.15, 0.2) is 11.5 Å². The first-order valence-corrected chi connectivity index (χ1v) is 9.54. The van der Waals surface area contributed by atoms with Crippen molar-refractivity contribution in [2.45, 2.75) is 19.4 Å². The summed E-state index contributed by atoms with van der Waals surface area (Å²) in [6.07, 6.45) is 2.42. The van der Waals surface area contributed by atoms with Gasteiger partial charge in [0, 0.05) is 34.6 Å². The van der Waals surface area contributed by atoms with Crippen LogP contribution < -0.4 is 20.3 Å². The number of fused-ring (bicyclic) bond motifs is 2. The van der Waals surface area contributed by atoms with E-state index in [4.69, 9.17) is 9.47 Å². The maximum Gasteiger partial charge on any atom is 0.258 e. The molecule has 29 heavy (non-hydrogen) atoms. The number of amides is 1. The van der Waals surface area contributed by atoms with Crippen molar-refractivity contribution in [3.63, 3.8) is 0 Å². The molecule has 4 rings (SSSR count). The van der Waals surface area contributed by atoms with E-state index in [2.05, 4.69) is 5.32 Å². The SMILES string of the molecule is CC(CO)n1ccc2c(NC(=O)c3ccc4c(c3)OCCCO4)cccc2c1=O. The molecular weight excluding hydrogens is 372 g/mol. The van der Waals surface area contributed by atoms with Crippen LogP contribution in [0, 0.1) is 0 Å². The standard InChI is InChI=1S/C22H22N2O5/c1-14(13-25)24-9-8-16-17(22(24)27)4-2-5-18(16)23-21(26)15-6-7-19-20(12-15)29-11-3-10-28-19/h2,4-9,12,14,25H,3,10-11,13H2,1H3,(H,23,26). The average Bonchev–Trinajstić information content (AvgIpc) is 2.98. The van der Waals surface area contributed by atoms with Crippen LogP contribution in [-0.2, 0) is 0 Å². The minimum absolute atomic E-state index is 0.133. The molecule has 2 heterocycles. The molecule has 2 N–H and O–H groups in total. The smallest absolute Gasteiger partial charge is 0.258 e. The fourth-order valence-electron chi connectivity index (χ4n) is 3.34. The fraction of sp³-hybridized carbons (Fsp3) is 0.273. The van der Waals surface area contributed by atoms with Gasteiger partial charge < -0.3 is 24.5 Å². The zero-order chi connectivity index (χ0) is 20.4. The summed E-state index contributed by atoms with van der Waals surface area (Å²) in [6.45, 7) is 2.76. The van der Waals surface area contributed by atoms with E-state index in [9.17, 15) is 14.7 Å². The predicted molar refractivity (Wildman–Crippen MR) is 110 cm³/mol. The minimum atomic E-state index is -0.327. The zero-order valence-electron chi connectivity index (χ0n) is 16.1. The van der Waals surface area contributed by atoms with E-state index in [0.717, 1.165) is 6.42 Å². The number of pyridine rings is 1. The molecule has 0 spiro atoms. The van der Waals surface area contributed by atoms with Crippen LogP contribution in [0.25, 0.3) is 10.8 Å². The number of anilines is 1. The van der Waals surface area contributed by atoms with Crippen LogP contribution in [0.2, 0.25) is 0 Å². The zero-order valence-corrected chi connectivity index (χ0v) is 16.1. The van der Waals surface area contributed by atoms with Crippen LogP contribution >= 0.6 is 0 Å². The molecule has 1 amide bonds. The summed E-state index contributed by atoms with van der Waals surface area (Å²) in [5, 5.41) is 13.3. The second kappa shape index (κ2) is 7.97. The van der Waals surface area contributed by atoms with Crippen LogP contribution in [0.5, 0.6) is 11.5 Å². The van der Waals surface area contributed by atoms with E-state index >= 15 is 0 Å². The molecule has 1 unspecified atom stereocenters. The highest BCUT2D eigenvalue weighted by Crippen LogP contribution is 2.31. The van der Waals surface area contributed by atoms with Gasteiger partial charge in [-0.05, 0) is 43.3 Å². The molecule has 150 valence electrons. The van der Waals surface area contributed by atoms with Crippen molar-refractivity contribution in [3.8, 4) is 11.5 Å². The molecule has 1 aromatic heterocycles. The highest BCUT2D eigenvalue weighted by molar-refractivity contribution is 6.09. The van der Waals surface area contributed by atoms with Gasteiger partial charge in [0.1, 0.15) is 0 Å². The number of benzene rings is 2. The molecule has 1 atom stereocenters. The maximum absolute atomic E-state index is 12.8. The quantitative estimate of drug-likeness (QED) is 0.710. The van der Waals surface area contributed by atoms with E-state index in [0.29, 0.717) is 46.7 Å². The van der Waals surface area contributed by atoms with Crippen LogP contribution in [-0.4, -0.2) is 35.4 Å². The number of rotatable bonds is 4. The number of nitrogens with zero attached hydrogens (tertiary/aromatic N) is 1. The Balaban J connectivity index is 1.66. The Morgan fingerprint density at radius 2 is 1.93 bits per heavy atom. The van der Waals surface area contributed by atoms with Crippen molar-refractivity contribution in [2.24, 2.45) is 0 Å². The van der Waals surface area contributed by atoms with Gasteiger partial charge in [-0.3, -0.25) is 9.59 Å². The summed E-state index contributed by atoms with van der Waals surface area (Å²) in [4.78, 5) is 25.6. The highest BCUT2D eigenvalue weighted by atomic mass is 16.5. The van der Waals surface area contributed by atoms with Crippen molar-refractivity contribution in [1.82, 2.24) is 4.57 Å². The number of aliphatic hydroxyl groups excluding tert-OH is 1. The highest BCUT2D eigenvalue weighted by Gasteiger charge is 2.16. The molecule has 2 aromatic carbocycles. The van der Waals surface area contributed by atoms with Crippen molar-refractivity contribution < 1.29 is 19.4 Å². The third-order valence-electron chi connectivity index (χ3n) is 4.97. The number of nitrogens with one attached hydrogen (secondary N) is 1. The fourth-order valence-corrected chi connectivity index (χ4v) is 3.34. The Labute approximate surface area is 167 Å². The molecular formula is C22H22N2O5. The lowest BCUT2D eigenvalue weighted by Gasteiger charge is -2.15. The second-order valence-corrected chi connectivity index (χ2v) is 6.99. The third-order valence-corrected chi connectivity index (χ3v) is 4.97. The molecule has 1 aliphatic rings. The van der Waals surface area contributed by atoms with Crippen molar-refractivity contribution >= 4 is 22.4 Å². The van der Waals surface area contributed by atoms with Crippen LogP contribution in [0.1, 0.15) is 29.7 Å². The Bertz CT molecular complexity index is 1120. The molecule has 0 fully saturated rings. The van der Waals surface area contributed by atoms with E-state index in [1.165, 1.54) is 4.57 Å². The number of hydrogen-bond acceptors (Lipinski definition) is 5. The molecule has 0 bridgehead atoms. The number of hydrogen-bond donors (Lipinski definition) is 2. The molecule has 7 heteroatoms. The number of ether oxygens (including phenoxy) is 2. The summed E-state index contributed by atoms with van der Waals surface area (Å²) < 4.78 is 12.7. The first kappa shape index (κ1) is 19.0. The normalized spacial score (nSPS) is 14.3. The first-order chi connectivity index (χ1) is 14.1. The third kappa shape index (κ3) is 3.69. The van der Waals surface area contributed by atoms with Gasteiger partial charge in [-0.15, -0.1) is 0 Å². The average molecular weight is 394 g/mol.